The molecule has 2 N–H and O–H groups in total. The van der Waals surface area contributed by atoms with Crippen molar-refractivity contribution in [2.45, 2.75) is 19.0 Å². The lowest BCUT2D eigenvalue weighted by Gasteiger charge is -2.21. The summed E-state index contributed by atoms with van der Waals surface area (Å²) in [5.41, 5.74) is 3.28. The summed E-state index contributed by atoms with van der Waals surface area (Å²) in [4.78, 5) is 12.5. The van der Waals surface area contributed by atoms with Gasteiger partial charge in [-0.15, -0.1) is 0 Å². The van der Waals surface area contributed by atoms with Crippen molar-refractivity contribution in [2.24, 2.45) is 0 Å². The van der Waals surface area contributed by atoms with Crippen molar-refractivity contribution in [3.8, 4) is 0 Å². The van der Waals surface area contributed by atoms with Gasteiger partial charge in [0.1, 0.15) is 0 Å². The molecule has 0 saturated heterocycles. The van der Waals surface area contributed by atoms with Gasteiger partial charge in [0.05, 0.1) is 18.6 Å². The van der Waals surface area contributed by atoms with Gasteiger partial charge >= 0.3 is 0 Å². The zero-order valence-electron chi connectivity index (χ0n) is 15.2. The molecular formula is C23H23ClN2O. The van der Waals surface area contributed by atoms with Crippen LogP contribution in [0.1, 0.15) is 35.7 Å². The normalized spacial score (nSPS) is 12.0. The SMILES string of the molecule is C[C@H](NC(=O)CNC(c1ccccc1)c1ccccc1)c1ccc(Cl)cc1. The van der Waals surface area contributed by atoms with Crippen LogP contribution in [0.4, 0.5) is 0 Å². The molecule has 3 nitrogen and oxygen atoms in total. The number of halogens is 1. The zero-order chi connectivity index (χ0) is 19.1. The topological polar surface area (TPSA) is 41.1 Å². The summed E-state index contributed by atoms with van der Waals surface area (Å²) < 4.78 is 0. The quantitative estimate of drug-likeness (QED) is 0.614. The summed E-state index contributed by atoms with van der Waals surface area (Å²) in [5.74, 6) is -0.0469. The molecule has 0 radical (unpaired) electrons. The van der Waals surface area contributed by atoms with Gasteiger partial charge in [-0.2, -0.15) is 0 Å². The van der Waals surface area contributed by atoms with Crippen molar-refractivity contribution >= 4 is 17.5 Å². The van der Waals surface area contributed by atoms with E-state index >= 15 is 0 Å². The molecule has 0 spiro atoms. The molecule has 27 heavy (non-hydrogen) atoms. The fourth-order valence-electron chi connectivity index (χ4n) is 3.04. The molecule has 4 heteroatoms. The van der Waals surface area contributed by atoms with Crippen molar-refractivity contribution in [3.63, 3.8) is 0 Å². The fraction of sp³-hybridized carbons (Fsp3) is 0.174. The molecule has 0 aliphatic heterocycles. The third-order valence-electron chi connectivity index (χ3n) is 4.48. The molecular weight excluding hydrogens is 356 g/mol. The molecule has 0 aromatic heterocycles. The Kier molecular flexibility index (Phi) is 6.64. The van der Waals surface area contributed by atoms with Crippen molar-refractivity contribution in [1.29, 1.82) is 0 Å². The Labute approximate surface area is 165 Å². The molecule has 0 aliphatic rings. The molecule has 0 unspecified atom stereocenters. The molecule has 0 bridgehead atoms. The lowest BCUT2D eigenvalue weighted by molar-refractivity contribution is -0.121. The monoisotopic (exact) mass is 378 g/mol. The van der Waals surface area contributed by atoms with Crippen LogP contribution >= 0.6 is 11.6 Å². The van der Waals surface area contributed by atoms with E-state index in [2.05, 4.69) is 34.9 Å². The number of carbonyl (C=O) groups excluding carboxylic acids is 1. The Morgan fingerprint density at radius 1 is 0.815 bits per heavy atom. The summed E-state index contributed by atoms with van der Waals surface area (Å²) in [6.45, 7) is 2.19. The average Bonchev–Trinajstić information content (AvgIpc) is 2.70. The van der Waals surface area contributed by atoms with E-state index in [9.17, 15) is 4.79 Å². The molecule has 0 aliphatic carbocycles. The number of benzene rings is 3. The first-order chi connectivity index (χ1) is 13.1. The second-order valence-electron chi connectivity index (χ2n) is 6.48. The number of hydrogen-bond acceptors (Lipinski definition) is 2. The lowest BCUT2D eigenvalue weighted by atomic mass is 9.99. The highest BCUT2D eigenvalue weighted by atomic mass is 35.5. The smallest absolute Gasteiger partial charge is 0.234 e. The molecule has 1 atom stereocenters. The molecule has 138 valence electrons. The summed E-state index contributed by atoms with van der Waals surface area (Å²) in [7, 11) is 0. The van der Waals surface area contributed by atoms with Crippen LogP contribution in [0.25, 0.3) is 0 Å². The minimum absolute atomic E-state index is 0.0380. The number of hydrogen-bond donors (Lipinski definition) is 2. The summed E-state index contributed by atoms with van der Waals surface area (Å²) in [5, 5.41) is 7.10. The van der Waals surface area contributed by atoms with Crippen LogP contribution < -0.4 is 10.6 Å². The first kappa shape index (κ1) is 19.2. The summed E-state index contributed by atoms with van der Waals surface area (Å²) in [6.07, 6.45) is 0. The van der Waals surface area contributed by atoms with Crippen LogP contribution in [0.3, 0.4) is 0 Å². The van der Waals surface area contributed by atoms with E-state index in [4.69, 9.17) is 11.6 Å². The predicted octanol–water partition coefficient (Wildman–Crippen LogP) is 4.90. The number of carbonyl (C=O) groups is 1. The number of amides is 1. The standard InChI is InChI=1S/C23H23ClN2O/c1-17(18-12-14-21(24)15-13-18)26-22(27)16-25-23(19-8-4-2-5-9-19)20-10-6-3-7-11-20/h2-15,17,23,25H,16H2,1H3,(H,26,27)/t17-/m0/s1. The molecule has 3 aromatic carbocycles. The highest BCUT2D eigenvalue weighted by Crippen LogP contribution is 2.21. The van der Waals surface area contributed by atoms with Gasteiger partial charge in [0.2, 0.25) is 5.91 Å². The molecule has 3 aromatic rings. The van der Waals surface area contributed by atoms with E-state index < -0.39 is 0 Å². The van der Waals surface area contributed by atoms with E-state index in [-0.39, 0.29) is 24.5 Å². The second kappa shape index (κ2) is 9.36. The van der Waals surface area contributed by atoms with Gasteiger partial charge in [0.15, 0.2) is 0 Å². The fourth-order valence-corrected chi connectivity index (χ4v) is 3.17. The largest absolute Gasteiger partial charge is 0.348 e. The van der Waals surface area contributed by atoms with Gasteiger partial charge in [-0.25, -0.2) is 0 Å². The predicted molar refractivity (Wildman–Crippen MR) is 111 cm³/mol. The van der Waals surface area contributed by atoms with Crippen LogP contribution in [0, 0.1) is 0 Å². The van der Waals surface area contributed by atoms with Crippen molar-refractivity contribution in [1.82, 2.24) is 10.6 Å². The van der Waals surface area contributed by atoms with Crippen molar-refractivity contribution in [3.05, 3.63) is 107 Å². The van der Waals surface area contributed by atoms with Gasteiger partial charge in [-0.3, -0.25) is 10.1 Å². The van der Waals surface area contributed by atoms with Crippen LogP contribution in [-0.4, -0.2) is 12.5 Å². The van der Waals surface area contributed by atoms with Gasteiger partial charge in [-0.05, 0) is 35.7 Å². The minimum Gasteiger partial charge on any atom is -0.348 e. The summed E-state index contributed by atoms with van der Waals surface area (Å²) >= 11 is 5.93. The minimum atomic E-state index is -0.0801. The van der Waals surface area contributed by atoms with E-state index in [1.165, 1.54) is 0 Å². The van der Waals surface area contributed by atoms with Crippen LogP contribution in [0.15, 0.2) is 84.9 Å². The molecule has 3 rings (SSSR count). The van der Waals surface area contributed by atoms with Crippen LogP contribution in [-0.2, 0) is 4.79 Å². The van der Waals surface area contributed by atoms with Crippen LogP contribution in [0.2, 0.25) is 5.02 Å². The molecule has 0 saturated carbocycles. The van der Waals surface area contributed by atoms with E-state index in [1.54, 1.807) is 0 Å². The van der Waals surface area contributed by atoms with Gasteiger partial charge in [0, 0.05) is 5.02 Å². The zero-order valence-corrected chi connectivity index (χ0v) is 16.0. The maximum atomic E-state index is 12.5. The average molecular weight is 379 g/mol. The first-order valence-electron chi connectivity index (χ1n) is 9.01. The van der Waals surface area contributed by atoms with E-state index in [1.807, 2.05) is 67.6 Å². The maximum absolute atomic E-state index is 12.5. The van der Waals surface area contributed by atoms with E-state index in [0.717, 1.165) is 16.7 Å². The Bertz CT molecular complexity index is 811. The summed E-state index contributed by atoms with van der Waals surface area (Å²) in [6, 6.07) is 27.7. The third kappa shape index (κ3) is 5.43. The van der Waals surface area contributed by atoms with Crippen LogP contribution in [0.5, 0.6) is 0 Å². The van der Waals surface area contributed by atoms with Crippen molar-refractivity contribution in [2.75, 3.05) is 6.54 Å². The third-order valence-corrected chi connectivity index (χ3v) is 4.73. The first-order valence-corrected chi connectivity index (χ1v) is 9.39. The molecule has 0 fully saturated rings. The highest BCUT2D eigenvalue weighted by Gasteiger charge is 2.16. The Morgan fingerprint density at radius 2 is 1.33 bits per heavy atom. The van der Waals surface area contributed by atoms with Gasteiger partial charge in [-0.1, -0.05) is 84.4 Å². The Balaban J connectivity index is 1.64. The van der Waals surface area contributed by atoms with Gasteiger partial charge in [0.25, 0.3) is 0 Å². The van der Waals surface area contributed by atoms with Gasteiger partial charge < -0.3 is 5.32 Å². The number of rotatable bonds is 7. The maximum Gasteiger partial charge on any atom is 0.234 e. The Hall–Kier alpha value is -2.62. The highest BCUT2D eigenvalue weighted by molar-refractivity contribution is 6.30. The van der Waals surface area contributed by atoms with E-state index in [0.29, 0.717) is 5.02 Å². The molecule has 0 heterocycles. The number of nitrogens with one attached hydrogen (secondary N) is 2. The van der Waals surface area contributed by atoms with Crippen molar-refractivity contribution < 1.29 is 4.79 Å². The Morgan fingerprint density at radius 3 is 1.85 bits per heavy atom. The molecule has 1 amide bonds. The second-order valence-corrected chi connectivity index (χ2v) is 6.91. The lowest BCUT2D eigenvalue weighted by Crippen LogP contribution is -2.37.